The van der Waals surface area contributed by atoms with Gasteiger partial charge in [0.05, 0.1) is 5.54 Å². The van der Waals surface area contributed by atoms with Crippen molar-refractivity contribution in [2.24, 2.45) is 0 Å². The average molecular weight is 245 g/mol. The lowest BCUT2D eigenvalue weighted by molar-refractivity contribution is -0.129. The lowest BCUT2D eigenvalue weighted by Crippen LogP contribution is -2.48. The normalized spacial score (nSPS) is 18.2. The van der Waals surface area contributed by atoms with Crippen molar-refractivity contribution in [1.29, 1.82) is 0 Å². The molecular formula is C16H23NO. The fourth-order valence-corrected chi connectivity index (χ4v) is 3.07. The van der Waals surface area contributed by atoms with Crippen LogP contribution in [0.3, 0.4) is 0 Å². The zero-order valence-electron chi connectivity index (χ0n) is 11.5. The largest absolute Gasteiger partial charge is 0.298 e. The van der Waals surface area contributed by atoms with Crippen molar-refractivity contribution >= 4 is 5.78 Å². The predicted octanol–water partition coefficient (Wildman–Crippen LogP) is 3.06. The van der Waals surface area contributed by atoms with Crippen LogP contribution in [0.15, 0.2) is 30.3 Å². The van der Waals surface area contributed by atoms with Crippen LogP contribution in [-0.4, -0.2) is 30.3 Å². The minimum absolute atomic E-state index is 0.172. The van der Waals surface area contributed by atoms with Gasteiger partial charge in [0.25, 0.3) is 0 Å². The highest BCUT2D eigenvalue weighted by Gasteiger charge is 2.41. The highest BCUT2D eigenvalue weighted by atomic mass is 16.1. The first-order valence-electron chi connectivity index (χ1n) is 6.90. The lowest BCUT2D eigenvalue weighted by atomic mass is 9.87. The Labute approximate surface area is 110 Å². The van der Waals surface area contributed by atoms with Crippen molar-refractivity contribution in [3.05, 3.63) is 35.9 Å². The number of rotatable bonds is 5. The molecule has 2 nitrogen and oxygen atoms in total. The van der Waals surface area contributed by atoms with E-state index in [-0.39, 0.29) is 5.54 Å². The highest BCUT2D eigenvalue weighted by Crippen LogP contribution is 2.35. The van der Waals surface area contributed by atoms with Gasteiger partial charge in [-0.1, -0.05) is 43.2 Å². The van der Waals surface area contributed by atoms with E-state index in [1.54, 1.807) is 0 Å². The van der Waals surface area contributed by atoms with Gasteiger partial charge in [0.1, 0.15) is 0 Å². The molecule has 0 N–H and O–H groups in total. The number of Topliss-reactive ketones (excluding diaryl/α,β-unsaturated/α-hetero) is 1. The molecule has 0 aliphatic heterocycles. The number of carbonyl (C=O) groups excluding carboxylic acids is 1. The van der Waals surface area contributed by atoms with Crippen molar-refractivity contribution in [2.75, 3.05) is 14.1 Å². The summed E-state index contributed by atoms with van der Waals surface area (Å²) in [6, 6.07) is 10.3. The molecule has 1 fully saturated rings. The zero-order chi connectivity index (χ0) is 13.0. The van der Waals surface area contributed by atoms with Crippen LogP contribution >= 0.6 is 0 Å². The summed E-state index contributed by atoms with van der Waals surface area (Å²) >= 11 is 0. The standard InChI is InChI=1S/C16H23NO/c1-17(2)16(12-6-7-13-16)15(18)11-10-14-8-4-3-5-9-14/h3-5,8-9H,6-7,10-13H2,1-2H3. The summed E-state index contributed by atoms with van der Waals surface area (Å²) in [6.45, 7) is 0. The molecule has 1 aliphatic carbocycles. The second kappa shape index (κ2) is 5.66. The van der Waals surface area contributed by atoms with Gasteiger partial charge < -0.3 is 0 Å². The maximum atomic E-state index is 12.5. The third-order valence-electron chi connectivity index (χ3n) is 4.29. The van der Waals surface area contributed by atoms with E-state index in [1.807, 2.05) is 32.3 Å². The number of benzene rings is 1. The number of hydrogen-bond donors (Lipinski definition) is 0. The molecule has 0 unspecified atom stereocenters. The van der Waals surface area contributed by atoms with E-state index in [0.717, 1.165) is 19.3 Å². The topological polar surface area (TPSA) is 20.3 Å². The SMILES string of the molecule is CN(C)C1(C(=O)CCc2ccccc2)CCCC1. The smallest absolute Gasteiger partial charge is 0.153 e. The summed E-state index contributed by atoms with van der Waals surface area (Å²) in [5.41, 5.74) is 1.09. The number of hydrogen-bond acceptors (Lipinski definition) is 2. The molecule has 0 saturated heterocycles. The monoisotopic (exact) mass is 245 g/mol. The van der Waals surface area contributed by atoms with E-state index in [4.69, 9.17) is 0 Å². The Hall–Kier alpha value is -1.15. The number of likely N-dealkylation sites (N-methyl/N-ethyl adjacent to an activating group) is 1. The molecule has 98 valence electrons. The lowest BCUT2D eigenvalue weighted by Gasteiger charge is -2.34. The van der Waals surface area contributed by atoms with Gasteiger partial charge in [-0.2, -0.15) is 0 Å². The number of carbonyl (C=O) groups is 1. The second-order valence-electron chi connectivity index (χ2n) is 5.54. The van der Waals surface area contributed by atoms with E-state index in [2.05, 4.69) is 17.0 Å². The first kappa shape index (κ1) is 13.3. The van der Waals surface area contributed by atoms with Gasteiger partial charge in [0, 0.05) is 6.42 Å². The van der Waals surface area contributed by atoms with Gasteiger partial charge in [-0.15, -0.1) is 0 Å². The van der Waals surface area contributed by atoms with Crippen molar-refractivity contribution < 1.29 is 4.79 Å². The van der Waals surface area contributed by atoms with Crippen molar-refractivity contribution in [2.45, 2.75) is 44.1 Å². The maximum absolute atomic E-state index is 12.5. The Bertz CT molecular complexity index is 391. The molecule has 0 atom stereocenters. The fourth-order valence-electron chi connectivity index (χ4n) is 3.07. The van der Waals surface area contributed by atoms with E-state index in [9.17, 15) is 4.79 Å². The van der Waals surface area contributed by atoms with Crippen LogP contribution in [0.2, 0.25) is 0 Å². The first-order valence-corrected chi connectivity index (χ1v) is 6.90. The number of aryl methyl sites for hydroxylation is 1. The molecule has 1 aliphatic rings. The van der Waals surface area contributed by atoms with Crippen LogP contribution in [0.5, 0.6) is 0 Å². The molecular weight excluding hydrogens is 222 g/mol. The summed E-state index contributed by atoms with van der Waals surface area (Å²) in [7, 11) is 4.09. The molecule has 1 saturated carbocycles. The van der Waals surface area contributed by atoms with Crippen LogP contribution in [-0.2, 0) is 11.2 Å². The Kier molecular flexibility index (Phi) is 4.18. The molecule has 0 radical (unpaired) electrons. The van der Waals surface area contributed by atoms with E-state index in [1.165, 1.54) is 18.4 Å². The van der Waals surface area contributed by atoms with Crippen molar-refractivity contribution in [1.82, 2.24) is 4.90 Å². The molecule has 0 spiro atoms. The summed E-state index contributed by atoms with van der Waals surface area (Å²) in [6.07, 6.45) is 5.99. The number of nitrogens with zero attached hydrogens (tertiary/aromatic N) is 1. The van der Waals surface area contributed by atoms with E-state index < -0.39 is 0 Å². The van der Waals surface area contributed by atoms with Gasteiger partial charge in [0.15, 0.2) is 5.78 Å². The molecule has 1 aromatic rings. The minimum Gasteiger partial charge on any atom is -0.298 e. The maximum Gasteiger partial charge on any atom is 0.153 e. The van der Waals surface area contributed by atoms with Gasteiger partial charge in [0.2, 0.25) is 0 Å². The molecule has 2 rings (SSSR count). The molecule has 2 heteroatoms. The molecule has 0 heterocycles. The third-order valence-corrected chi connectivity index (χ3v) is 4.29. The van der Waals surface area contributed by atoms with Crippen LogP contribution in [0.4, 0.5) is 0 Å². The van der Waals surface area contributed by atoms with Gasteiger partial charge in [-0.05, 0) is 38.9 Å². The van der Waals surface area contributed by atoms with Crippen LogP contribution in [0.1, 0.15) is 37.7 Å². The summed E-state index contributed by atoms with van der Waals surface area (Å²) < 4.78 is 0. The Morgan fingerprint density at radius 3 is 2.33 bits per heavy atom. The van der Waals surface area contributed by atoms with E-state index in [0.29, 0.717) is 12.2 Å². The van der Waals surface area contributed by atoms with Gasteiger partial charge >= 0.3 is 0 Å². The van der Waals surface area contributed by atoms with Gasteiger partial charge in [-0.3, -0.25) is 9.69 Å². The Morgan fingerprint density at radius 1 is 1.17 bits per heavy atom. The van der Waals surface area contributed by atoms with Crippen LogP contribution < -0.4 is 0 Å². The Balaban J connectivity index is 1.98. The summed E-state index contributed by atoms with van der Waals surface area (Å²) in [5.74, 6) is 0.425. The summed E-state index contributed by atoms with van der Waals surface area (Å²) in [4.78, 5) is 14.7. The molecule has 1 aromatic carbocycles. The van der Waals surface area contributed by atoms with Gasteiger partial charge in [-0.25, -0.2) is 0 Å². The highest BCUT2D eigenvalue weighted by molar-refractivity contribution is 5.88. The summed E-state index contributed by atoms with van der Waals surface area (Å²) in [5, 5.41) is 0. The van der Waals surface area contributed by atoms with Crippen LogP contribution in [0.25, 0.3) is 0 Å². The molecule has 0 amide bonds. The minimum atomic E-state index is -0.172. The predicted molar refractivity (Wildman–Crippen MR) is 74.7 cm³/mol. The quantitative estimate of drug-likeness (QED) is 0.794. The third kappa shape index (κ3) is 2.64. The number of ketones is 1. The van der Waals surface area contributed by atoms with Crippen molar-refractivity contribution in [3.8, 4) is 0 Å². The molecule has 0 bridgehead atoms. The van der Waals surface area contributed by atoms with E-state index >= 15 is 0 Å². The van der Waals surface area contributed by atoms with Crippen LogP contribution in [0, 0.1) is 0 Å². The van der Waals surface area contributed by atoms with Crippen molar-refractivity contribution in [3.63, 3.8) is 0 Å². The second-order valence-corrected chi connectivity index (χ2v) is 5.54. The first-order chi connectivity index (χ1) is 8.65. The molecule has 0 aromatic heterocycles. The average Bonchev–Trinajstić information content (AvgIpc) is 2.88. The zero-order valence-corrected chi connectivity index (χ0v) is 11.5. The molecule has 18 heavy (non-hydrogen) atoms. The Morgan fingerprint density at radius 2 is 1.78 bits per heavy atom. The fraction of sp³-hybridized carbons (Fsp3) is 0.562.